The lowest BCUT2D eigenvalue weighted by molar-refractivity contribution is 0.171. The molecular weight excluding hydrogens is 390 g/mol. The number of fused-ring (bicyclic) bond motifs is 1. The highest BCUT2D eigenvalue weighted by Gasteiger charge is 2.21. The van der Waals surface area contributed by atoms with Crippen molar-refractivity contribution in [2.45, 2.75) is 13.1 Å². The van der Waals surface area contributed by atoms with Gasteiger partial charge in [-0.15, -0.1) is 0 Å². The molecule has 1 fully saturated rings. The second-order valence-electron chi connectivity index (χ2n) is 7.72. The van der Waals surface area contributed by atoms with Crippen molar-refractivity contribution in [3.63, 3.8) is 0 Å². The Morgan fingerprint density at radius 3 is 2.55 bits per heavy atom. The summed E-state index contributed by atoms with van der Waals surface area (Å²) in [5.41, 5.74) is 3.47. The smallest absolute Gasteiger partial charge is 0.194 e. The summed E-state index contributed by atoms with van der Waals surface area (Å²) in [7, 11) is 5.26. The number of nitrogens with one attached hydrogen (secondary N) is 2. The number of hydrogen-bond acceptors (Lipinski definition) is 4. The summed E-state index contributed by atoms with van der Waals surface area (Å²) >= 11 is 0. The Hall–Kier alpha value is -3.19. The summed E-state index contributed by atoms with van der Waals surface area (Å²) in [5, 5.41) is 4.74. The van der Waals surface area contributed by atoms with Gasteiger partial charge in [-0.25, -0.2) is 0 Å². The minimum Gasteiger partial charge on any atom is -0.497 e. The van der Waals surface area contributed by atoms with Crippen LogP contribution in [0.5, 0.6) is 11.5 Å². The summed E-state index contributed by atoms with van der Waals surface area (Å²) in [4.78, 5) is 12.7. The number of guanidine groups is 1. The molecule has 0 radical (unpaired) electrons. The molecule has 1 aromatic heterocycles. The third kappa shape index (κ3) is 4.94. The standard InChI is InChI=1S/C24H31N5O2/c1-25-24(26-16-20-14-18-6-4-5-7-22(18)27-20)29-12-10-28(11-13-29)17-19-15-21(30-2)8-9-23(19)31-3/h4-9,14-15,27H,10-13,16-17H2,1-3H3,(H,25,26). The number of aliphatic imine (C=N–C) groups is 1. The average Bonchev–Trinajstić information content (AvgIpc) is 3.23. The van der Waals surface area contributed by atoms with E-state index < -0.39 is 0 Å². The number of methoxy groups -OCH3 is 2. The Labute approximate surface area is 183 Å². The van der Waals surface area contributed by atoms with Gasteiger partial charge in [0, 0.05) is 56.5 Å². The summed E-state index contributed by atoms with van der Waals surface area (Å²) in [6.07, 6.45) is 0. The number of ether oxygens (including phenoxy) is 2. The first-order valence-electron chi connectivity index (χ1n) is 10.7. The molecule has 0 amide bonds. The third-order valence-electron chi connectivity index (χ3n) is 5.79. The molecule has 164 valence electrons. The van der Waals surface area contributed by atoms with E-state index in [-0.39, 0.29) is 0 Å². The zero-order chi connectivity index (χ0) is 21.6. The molecular formula is C24H31N5O2. The maximum atomic E-state index is 5.53. The van der Waals surface area contributed by atoms with Crippen molar-refractivity contribution in [1.82, 2.24) is 20.1 Å². The minimum absolute atomic E-state index is 0.725. The van der Waals surface area contributed by atoms with Crippen LogP contribution < -0.4 is 14.8 Å². The first-order chi connectivity index (χ1) is 15.2. The zero-order valence-electron chi connectivity index (χ0n) is 18.5. The quantitative estimate of drug-likeness (QED) is 0.473. The molecule has 0 unspecified atom stereocenters. The summed E-state index contributed by atoms with van der Waals surface area (Å²) < 4.78 is 10.9. The van der Waals surface area contributed by atoms with Gasteiger partial charge in [0.15, 0.2) is 5.96 Å². The number of rotatable bonds is 6. The lowest BCUT2D eigenvalue weighted by Crippen LogP contribution is -2.52. The second-order valence-corrected chi connectivity index (χ2v) is 7.72. The van der Waals surface area contributed by atoms with E-state index in [2.05, 4.69) is 61.5 Å². The lowest BCUT2D eigenvalue weighted by atomic mass is 10.1. The molecule has 4 rings (SSSR count). The number of nitrogens with zero attached hydrogens (tertiary/aromatic N) is 3. The van der Waals surface area contributed by atoms with Gasteiger partial charge in [0.25, 0.3) is 0 Å². The minimum atomic E-state index is 0.725. The van der Waals surface area contributed by atoms with Crippen molar-refractivity contribution in [3.8, 4) is 11.5 Å². The highest BCUT2D eigenvalue weighted by atomic mass is 16.5. The highest BCUT2D eigenvalue weighted by Crippen LogP contribution is 2.25. The van der Waals surface area contributed by atoms with E-state index in [1.807, 2.05) is 19.2 Å². The van der Waals surface area contributed by atoms with Gasteiger partial charge in [-0.05, 0) is 35.7 Å². The van der Waals surface area contributed by atoms with Crippen LogP contribution in [0.15, 0.2) is 53.5 Å². The largest absolute Gasteiger partial charge is 0.497 e. The molecule has 0 atom stereocenters. The molecule has 2 heterocycles. The lowest BCUT2D eigenvalue weighted by Gasteiger charge is -2.36. The number of piperazine rings is 1. The Kier molecular flexibility index (Phi) is 6.62. The first-order valence-corrected chi connectivity index (χ1v) is 10.7. The normalized spacial score (nSPS) is 15.3. The van der Waals surface area contributed by atoms with Gasteiger partial charge in [-0.2, -0.15) is 0 Å². The van der Waals surface area contributed by atoms with Crippen molar-refractivity contribution in [3.05, 3.63) is 59.8 Å². The van der Waals surface area contributed by atoms with Crippen LogP contribution in [0.4, 0.5) is 0 Å². The van der Waals surface area contributed by atoms with Crippen LogP contribution in [0.3, 0.4) is 0 Å². The molecule has 0 spiro atoms. The number of aromatic nitrogens is 1. The van der Waals surface area contributed by atoms with Gasteiger partial charge in [0.2, 0.25) is 0 Å². The Morgan fingerprint density at radius 1 is 1.03 bits per heavy atom. The number of H-pyrrole nitrogens is 1. The van der Waals surface area contributed by atoms with E-state index in [9.17, 15) is 0 Å². The molecule has 7 nitrogen and oxygen atoms in total. The molecule has 1 saturated heterocycles. The zero-order valence-corrected chi connectivity index (χ0v) is 18.5. The van der Waals surface area contributed by atoms with E-state index in [0.29, 0.717) is 0 Å². The van der Waals surface area contributed by atoms with Crippen molar-refractivity contribution in [2.24, 2.45) is 4.99 Å². The van der Waals surface area contributed by atoms with Crippen LogP contribution in [-0.2, 0) is 13.1 Å². The molecule has 0 saturated carbocycles. The van der Waals surface area contributed by atoms with Gasteiger partial charge >= 0.3 is 0 Å². The molecule has 0 bridgehead atoms. The van der Waals surface area contributed by atoms with Crippen molar-refractivity contribution < 1.29 is 9.47 Å². The monoisotopic (exact) mass is 421 g/mol. The Bertz CT molecular complexity index is 1000. The van der Waals surface area contributed by atoms with Gasteiger partial charge in [0.1, 0.15) is 11.5 Å². The maximum Gasteiger partial charge on any atom is 0.194 e. The molecule has 1 aliphatic heterocycles. The Morgan fingerprint density at radius 2 is 1.84 bits per heavy atom. The van der Waals surface area contributed by atoms with Crippen LogP contribution in [0.25, 0.3) is 10.9 Å². The van der Waals surface area contributed by atoms with Crippen molar-refractivity contribution in [2.75, 3.05) is 47.4 Å². The fourth-order valence-electron chi connectivity index (χ4n) is 4.10. The van der Waals surface area contributed by atoms with Crippen LogP contribution in [0, 0.1) is 0 Å². The van der Waals surface area contributed by atoms with Crippen molar-refractivity contribution >= 4 is 16.9 Å². The Balaban J connectivity index is 1.32. The van der Waals surface area contributed by atoms with E-state index in [1.165, 1.54) is 5.39 Å². The van der Waals surface area contributed by atoms with Crippen LogP contribution in [0.1, 0.15) is 11.3 Å². The number of para-hydroxylation sites is 1. The SMILES string of the molecule is CN=C(NCc1cc2ccccc2[nH]1)N1CCN(Cc2cc(OC)ccc2OC)CC1. The van der Waals surface area contributed by atoms with E-state index in [4.69, 9.17) is 9.47 Å². The highest BCUT2D eigenvalue weighted by molar-refractivity contribution is 5.82. The van der Waals surface area contributed by atoms with Crippen LogP contribution in [0.2, 0.25) is 0 Å². The van der Waals surface area contributed by atoms with Crippen LogP contribution >= 0.6 is 0 Å². The van der Waals surface area contributed by atoms with E-state index >= 15 is 0 Å². The predicted octanol–water partition coefficient (Wildman–Crippen LogP) is 3.08. The topological polar surface area (TPSA) is 65.1 Å². The van der Waals surface area contributed by atoms with E-state index in [0.717, 1.165) is 73.5 Å². The molecule has 7 heteroatoms. The number of aromatic amines is 1. The molecule has 0 aliphatic carbocycles. The average molecular weight is 422 g/mol. The molecule has 2 N–H and O–H groups in total. The molecule has 1 aliphatic rings. The third-order valence-corrected chi connectivity index (χ3v) is 5.79. The van der Waals surface area contributed by atoms with E-state index in [1.54, 1.807) is 14.2 Å². The predicted molar refractivity (Wildman–Crippen MR) is 125 cm³/mol. The molecule has 31 heavy (non-hydrogen) atoms. The maximum absolute atomic E-state index is 5.53. The van der Waals surface area contributed by atoms with Gasteiger partial charge in [0.05, 0.1) is 20.8 Å². The number of hydrogen-bond donors (Lipinski definition) is 2. The second kappa shape index (κ2) is 9.75. The first kappa shape index (κ1) is 21.1. The summed E-state index contributed by atoms with van der Waals surface area (Å²) in [5.74, 6) is 2.70. The van der Waals surface area contributed by atoms with Gasteiger partial charge < -0.3 is 24.7 Å². The molecule has 3 aromatic rings. The number of benzene rings is 2. The fraction of sp³-hybridized carbons (Fsp3) is 0.375. The van der Waals surface area contributed by atoms with Crippen molar-refractivity contribution in [1.29, 1.82) is 0 Å². The van der Waals surface area contributed by atoms with Gasteiger partial charge in [-0.3, -0.25) is 9.89 Å². The molecule has 2 aromatic carbocycles. The van der Waals surface area contributed by atoms with Gasteiger partial charge in [-0.1, -0.05) is 18.2 Å². The van der Waals surface area contributed by atoms with Crippen LogP contribution in [-0.4, -0.2) is 68.2 Å². The fourth-order valence-corrected chi connectivity index (χ4v) is 4.10. The summed E-state index contributed by atoms with van der Waals surface area (Å²) in [6.45, 7) is 5.36. The summed E-state index contributed by atoms with van der Waals surface area (Å²) in [6, 6.07) is 16.5.